The van der Waals surface area contributed by atoms with Gasteiger partial charge < -0.3 is 5.73 Å². The number of rotatable bonds is 4. The molecular formula is C11H13N5O2S. The monoisotopic (exact) mass is 279 g/mol. The molecule has 0 amide bonds. The molecule has 8 heteroatoms. The summed E-state index contributed by atoms with van der Waals surface area (Å²) in [6.45, 7) is 2.15. The van der Waals surface area contributed by atoms with Crippen molar-refractivity contribution >= 4 is 16.0 Å². The van der Waals surface area contributed by atoms with Gasteiger partial charge in [-0.1, -0.05) is 6.07 Å². The number of sulfonamides is 1. The Morgan fingerprint density at radius 3 is 2.74 bits per heavy atom. The lowest BCUT2D eigenvalue weighted by molar-refractivity contribution is 0.600. The molecule has 0 fully saturated rings. The zero-order valence-electron chi connectivity index (χ0n) is 10.2. The molecule has 0 saturated carbocycles. The topological polar surface area (TPSA) is 111 Å². The van der Waals surface area contributed by atoms with Crippen LogP contribution in [0, 0.1) is 6.92 Å². The van der Waals surface area contributed by atoms with Gasteiger partial charge in [0.25, 0.3) is 16.0 Å². The van der Waals surface area contributed by atoms with Crippen LogP contribution in [-0.4, -0.2) is 23.6 Å². The molecule has 2 rings (SSSR count). The van der Waals surface area contributed by atoms with Crippen LogP contribution in [0.2, 0.25) is 0 Å². The summed E-state index contributed by atoms with van der Waals surface area (Å²) in [5.74, 6) is -0.0719. The largest absolute Gasteiger partial charge is 0.326 e. The number of aromatic nitrogens is 3. The molecule has 0 atom stereocenters. The number of hydrogen-bond acceptors (Lipinski definition) is 6. The van der Waals surface area contributed by atoms with Gasteiger partial charge in [0, 0.05) is 6.54 Å². The summed E-state index contributed by atoms with van der Waals surface area (Å²) in [4.78, 5) is 3.88. The van der Waals surface area contributed by atoms with Crippen LogP contribution in [-0.2, 0) is 16.6 Å². The minimum absolute atomic E-state index is 0.0719. The zero-order valence-corrected chi connectivity index (χ0v) is 11.1. The molecule has 0 aliphatic heterocycles. The lowest BCUT2D eigenvalue weighted by atomic mass is 10.1. The summed E-state index contributed by atoms with van der Waals surface area (Å²) < 4.78 is 26.5. The van der Waals surface area contributed by atoms with Gasteiger partial charge >= 0.3 is 0 Å². The lowest BCUT2D eigenvalue weighted by Crippen LogP contribution is -2.16. The summed E-state index contributed by atoms with van der Waals surface area (Å²) >= 11 is 0. The highest BCUT2D eigenvalue weighted by molar-refractivity contribution is 7.92. The number of aryl methyl sites for hydroxylation is 1. The molecule has 0 spiro atoms. The van der Waals surface area contributed by atoms with Gasteiger partial charge in [-0.2, -0.15) is 5.10 Å². The molecule has 100 valence electrons. The van der Waals surface area contributed by atoms with Gasteiger partial charge in [0.2, 0.25) is 0 Å². The number of nitrogens with zero attached hydrogens (tertiary/aromatic N) is 3. The fraction of sp³-hybridized carbons (Fsp3) is 0.182. The Hall–Kier alpha value is -2.06. The van der Waals surface area contributed by atoms with E-state index in [9.17, 15) is 8.42 Å². The number of nitrogens with two attached hydrogens (primary N) is 1. The van der Waals surface area contributed by atoms with Crippen molar-refractivity contribution < 1.29 is 8.42 Å². The Morgan fingerprint density at radius 2 is 2.11 bits per heavy atom. The van der Waals surface area contributed by atoms with E-state index in [1.807, 2.05) is 6.92 Å². The minimum Gasteiger partial charge on any atom is -0.326 e. The average Bonchev–Trinajstić information content (AvgIpc) is 2.39. The van der Waals surface area contributed by atoms with Crippen molar-refractivity contribution in [3.05, 3.63) is 41.7 Å². The van der Waals surface area contributed by atoms with Crippen molar-refractivity contribution in [3.63, 3.8) is 0 Å². The molecule has 1 aromatic heterocycles. The smallest absolute Gasteiger partial charge is 0.264 e. The molecule has 3 N–H and O–H groups in total. The van der Waals surface area contributed by atoms with Gasteiger partial charge in [-0.3, -0.25) is 0 Å². The average molecular weight is 279 g/mol. The third-order valence-corrected chi connectivity index (χ3v) is 3.88. The van der Waals surface area contributed by atoms with Crippen molar-refractivity contribution in [1.82, 2.24) is 15.2 Å². The van der Waals surface area contributed by atoms with Crippen LogP contribution >= 0.6 is 0 Å². The Kier molecular flexibility index (Phi) is 3.72. The second-order valence-electron chi connectivity index (χ2n) is 3.86. The third-order valence-electron chi connectivity index (χ3n) is 2.56. The highest BCUT2D eigenvalue weighted by Gasteiger charge is 2.16. The Morgan fingerprint density at radius 1 is 1.32 bits per heavy atom. The third kappa shape index (κ3) is 3.04. The molecule has 0 saturated heterocycles. The summed E-state index contributed by atoms with van der Waals surface area (Å²) in [5.41, 5.74) is 7.28. The quantitative estimate of drug-likeness (QED) is 0.840. The van der Waals surface area contributed by atoms with E-state index in [4.69, 9.17) is 5.73 Å². The van der Waals surface area contributed by atoms with Gasteiger partial charge in [-0.25, -0.2) is 18.1 Å². The maximum absolute atomic E-state index is 12.1. The number of hydrogen-bond donors (Lipinski definition) is 2. The van der Waals surface area contributed by atoms with Crippen molar-refractivity contribution in [2.24, 2.45) is 5.73 Å². The van der Waals surface area contributed by atoms with Gasteiger partial charge in [-0.05, 0) is 30.2 Å². The molecule has 1 heterocycles. The van der Waals surface area contributed by atoms with Crippen molar-refractivity contribution in [1.29, 1.82) is 0 Å². The molecule has 0 bridgehead atoms. The Balaban J connectivity index is 2.35. The van der Waals surface area contributed by atoms with Gasteiger partial charge in [0.1, 0.15) is 0 Å². The van der Waals surface area contributed by atoms with Crippen LogP contribution in [0.4, 0.5) is 5.95 Å². The van der Waals surface area contributed by atoms with Crippen LogP contribution in [0.3, 0.4) is 0 Å². The minimum atomic E-state index is -3.73. The lowest BCUT2D eigenvalue weighted by Gasteiger charge is -2.08. The van der Waals surface area contributed by atoms with E-state index in [-0.39, 0.29) is 17.4 Å². The molecule has 0 radical (unpaired) electrons. The first kappa shape index (κ1) is 13.4. The van der Waals surface area contributed by atoms with Crippen LogP contribution in [0.5, 0.6) is 0 Å². The predicted molar refractivity (Wildman–Crippen MR) is 69.7 cm³/mol. The van der Waals surface area contributed by atoms with Gasteiger partial charge in [0.05, 0.1) is 17.3 Å². The van der Waals surface area contributed by atoms with E-state index in [0.29, 0.717) is 0 Å². The fourth-order valence-corrected chi connectivity index (χ4v) is 2.50. The van der Waals surface area contributed by atoms with E-state index in [1.165, 1.54) is 24.5 Å². The number of nitrogens with one attached hydrogen (secondary N) is 1. The van der Waals surface area contributed by atoms with Crippen LogP contribution in [0.1, 0.15) is 11.1 Å². The molecule has 1 aromatic carbocycles. The van der Waals surface area contributed by atoms with Gasteiger partial charge in [-0.15, -0.1) is 5.10 Å². The first-order valence-corrected chi connectivity index (χ1v) is 6.97. The Bertz CT molecular complexity index is 673. The van der Waals surface area contributed by atoms with E-state index in [2.05, 4.69) is 19.9 Å². The normalized spacial score (nSPS) is 11.3. The van der Waals surface area contributed by atoms with Crippen LogP contribution in [0.25, 0.3) is 0 Å². The molecule has 7 nitrogen and oxygen atoms in total. The first-order valence-electron chi connectivity index (χ1n) is 5.49. The van der Waals surface area contributed by atoms with Crippen LogP contribution < -0.4 is 10.5 Å². The van der Waals surface area contributed by atoms with Crippen molar-refractivity contribution in [2.45, 2.75) is 18.4 Å². The highest BCUT2D eigenvalue weighted by atomic mass is 32.2. The molecule has 2 aromatic rings. The SMILES string of the molecule is Cc1ccc(S(=O)(=O)Nc2nccnn2)cc1CN. The van der Waals surface area contributed by atoms with Gasteiger partial charge in [0.15, 0.2) is 0 Å². The van der Waals surface area contributed by atoms with Crippen molar-refractivity contribution in [2.75, 3.05) is 4.72 Å². The molecule has 0 unspecified atom stereocenters. The maximum Gasteiger partial charge on any atom is 0.264 e. The standard InChI is InChI=1S/C11H13N5O2S/c1-8-2-3-10(6-9(8)7-12)19(17,18)16-11-13-4-5-14-15-11/h2-6H,7,12H2,1H3,(H,13,15,16). The first-order chi connectivity index (χ1) is 9.03. The van der Waals surface area contributed by atoms with Crippen molar-refractivity contribution in [3.8, 4) is 0 Å². The summed E-state index contributed by atoms with van der Waals surface area (Å²) in [5, 5.41) is 7.12. The molecule has 19 heavy (non-hydrogen) atoms. The molecule has 0 aliphatic carbocycles. The summed E-state index contributed by atoms with van der Waals surface area (Å²) in [6.07, 6.45) is 2.71. The fourth-order valence-electron chi connectivity index (χ4n) is 1.51. The summed E-state index contributed by atoms with van der Waals surface area (Å²) in [6, 6.07) is 4.75. The van der Waals surface area contributed by atoms with E-state index in [1.54, 1.807) is 6.07 Å². The number of benzene rings is 1. The zero-order chi connectivity index (χ0) is 13.9. The number of anilines is 1. The second-order valence-corrected chi connectivity index (χ2v) is 5.55. The molecule has 0 aliphatic rings. The predicted octanol–water partition coefficient (Wildman–Crippen LogP) is 0.440. The maximum atomic E-state index is 12.1. The van der Waals surface area contributed by atoms with Crippen LogP contribution in [0.15, 0.2) is 35.5 Å². The Labute approximate surface area is 110 Å². The highest BCUT2D eigenvalue weighted by Crippen LogP contribution is 2.17. The van der Waals surface area contributed by atoms with E-state index in [0.717, 1.165) is 11.1 Å². The summed E-state index contributed by atoms with van der Waals surface area (Å²) in [7, 11) is -3.73. The molecular weight excluding hydrogens is 266 g/mol. The second kappa shape index (κ2) is 5.29. The van der Waals surface area contributed by atoms with E-state index < -0.39 is 10.0 Å². The van der Waals surface area contributed by atoms with E-state index >= 15 is 0 Å².